The number of rotatable bonds is 5. The molecule has 2 atom stereocenters. The maximum Gasteiger partial charge on any atom is 0.151 e. The van der Waals surface area contributed by atoms with Gasteiger partial charge in [-0.3, -0.25) is 0 Å². The third-order valence-electron chi connectivity index (χ3n) is 3.82. The molecule has 2 aromatic carbocycles. The van der Waals surface area contributed by atoms with Crippen molar-refractivity contribution in [3.8, 4) is 5.75 Å². The van der Waals surface area contributed by atoms with Crippen LogP contribution in [0, 0.1) is 0 Å². The molecule has 0 spiro atoms. The van der Waals surface area contributed by atoms with E-state index >= 15 is 0 Å². The smallest absolute Gasteiger partial charge is 0.151 e. The second-order valence-corrected chi connectivity index (χ2v) is 5.33. The number of benzene rings is 2. The molecule has 0 saturated carbocycles. The van der Waals surface area contributed by atoms with Crippen molar-refractivity contribution in [2.45, 2.75) is 18.8 Å². The summed E-state index contributed by atoms with van der Waals surface area (Å²) in [7, 11) is 0. The maximum atomic E-state index is 9.49. The zero-order chi connectivity index (χ0) is 15.2. The molecule has 4 heteroatoms. The second kappa shape index (κ2) is 7.40. The van der Waals surface area contributed by atoms with E-state index in [-0.39, 0.29) is 18.8 Å². The average Bonchev–Trinajstić information content (AvgIpc) is 2.61. The standard InChI is InChI=1S/C18H21NO3/c20-13-15-8-4-5-9-16(15)22-18(14-6-2-1-3-7-14)17-12-19-10-11-21-17/h1-9,17-20H,10-13H2/t17-,18?/m0/s1. The van der Waals surface area contributed by atoms with Crippen LogP contribution >= 0.6 is 0 Å². The van der Waals surface area contributed by atoms with Crippen LogP contribution in [-0.2, 0) is 11.3 Å². The van der Waals surface area contributed by atoms with Crippen molar-refractivity contribution in [3.63, 3.8) is 0 Å². The van der Waals surface area contributed by atoms with Crippen LogP contribution < -0.4 is 10.1 Å². The number of ether oxygens (including phenoxy) is 2. The van der Waals surface area contributed by atoms with Gasteiger partial charge in [-0.1, -0.05) is 48.5 Å². The molecule has 0 bridgehead atoms. The number of aliphatic hydroxyl groups excluding tert-OH is 1. The molecule has 4 nitrogen and oxygen atoms in total. The molecule has 22 heavy (non-hydrogen) atoms. The van der Waals surface area contributed by atoms with Gasteiger partial charge in [0.15, 0.2) is 6.10 Å². The third-order valence-corrected chi connectivity index (χ3v) is 3.82. The van der Waals surface area contributed by atoms with Crippen LogP contribution in [0.2, 0.25) is 0 Å². The molecule has 1 heterocycles. The topological polar surface area (TPSA) is 50.7 Å². The largest absolute Gasteiger partial charge is 0.483 e. The van der Waals surface area contributed by atoms with E-state index in [4.69, 9.17) is 9.47 Å². The van der Waals surface area contributed by atoms with E-state index in [1.807, 2.05) is 54.6 Å². The van der Waals surface area contributed by atoms with Crippen LogP contribution in [-0.4, -0.2) is 30.9 Å². The quantitative estimate of drug-likeness (QED) is 0.889. The third kappa shape index (κ3) is 3.47. The normalized spacial score (nSPS) is 19.6. The zero-order valence-electron chi connectivity index (χ0n) is 12.4. The Morgan fingerprint density at radius 3 is 2.64 bits per heavy atom. The lowest BCUT2D eigenvalue weighted by Crippen LogP contribution is -2.43. The molecule has 116 valence electrons. The van der Waals surface area contributed by atoms with E-state index in [2.05, 4.69) is 5.32 Å². The Morgan fingerprint density at radius 2 is 1.91 bits per heavy atom. The minimum absolute atomic E-state index is 0.0402. The zero-order valence-corrected chi connectivity index (χ0v) is 12.4. The van der Waals surface area contributed by atoms with Gasteiger partial charge in [-0.25, -0.2) is 0 Å². The fraction of sp³-hybridized carbons (Fsp3) is 0.333. The van der Waals surface area contributed by atoms with Crippen LogP contribution in [0.5, 0.6) is 5.75 Å². The number of nitrogens with one attached hydrogen (secondary N) is 1. The molecular weight excluding hydrogens is 278 g/mol. The predicted molar refractivity (Wildman–Crippen MR) is 84.8 cm³/mol. The summed E-state index contributed by atoms with van der Waals surface area (Å²) in [4.78, 5) is 0. The van der Waals surface area contributed by atoms with E-state index in [1.54, 1.807) is 0 Å². The summed E-state index contributed by atoms with van der Waals surface area (Å²) >= 11 is 0. The van der Waals surface area contributed by atoms with Crippen molar-refractivity contribution in [2.75, 3.05) is 19.7 Å². The minimum atomic E-state index is -0.207. The van der Waals surface area contributed by atoms with Gasteiger partial charge in [0.1, 0.15) is 11.9 Å². The Labute approximate surface area is 130 Å². The predicted octanol–water partition coefficient (Wildman–Crippen LogP) is 2.29. The van der Waals surface area contributed by atoms with Gasteiger partial charge in [0.05, 0.1) is 13.2 Å². The Hall–Kier alpha value is -1.88. The highest BCUT2D eigenvalue weighted by molar-refractivity contribution is 5.34. The maximum absolute atomic E-state index is 9.49. The Bertz CT molecular complexity index is 582. The fourth-order valence-electron chi connectivity index (χ4n) is 2.67. The highest BCUT2D eigenvalue weighted by atomic mass is 16.5. The molecule has 0 aliphatic carbocycles. The number of hydrogen-bond acceptors (Lipinski definition) is 4. The molecule has 1 saturated heterocycles. The number of hydrogen-bond donors (Lipinski definition) is 2. The summed E-state index contributed by atoms with van der Waals surface area (Å²) < 4.78 is 12.1. The summed E-state index contributed by atoms with van der Waals surface area (Å²) in [5, 5.41) is 12.8. The molecule has 2 N–H and O–H groups in total. The molecular formula is C18H21NO3. The Morgan fingerprint density at radius 1 is 1.14 bits per heavy atom. The molecule has 1 aliphatic heterocycles. The van der Waals surface area contributed by atoms with Crippen molar-refractivity contribution in [2.24, 2.45) is 0 Å². The molecule has 1 unspecified atom stereocenters. The Kier molecular flexibility index (Phi) is 5.06. The van der Waals surface area contributed by atoms with Crippen LogP contribution in [0.1, 0.15) is 17.2 Å². The lowest BCUT2D eigenvalue weighted by Gasteiger charge is -2.32. The molecule has 0 radical (unpaired) electrons. The van der Waals surface area contributed by atoms with Crippen molar-refractivity contribution >= 4 is 0 Å². The van der Waals surface area contributed by atoms with Crippen molar-refractivity contribution in [3.05, 3.63) is 65.7 Å². The number of para-hydroxylation sites is 1. The van der Waals surface area contributed by atoms with Crippen molar-refractivity contribution in [1.82, 2.24) is 5.32 Å². The van der Waals surface area contributed by atoms with E-state index in [1.165, 1.54) is 0 Å². The first-order chi connectivity index (χ1) is 10.9. The van der Waals surface area contributed by atoms with Crippen LogP contribution in [0.4, 0.5) is 0 Å². The lowest BCUT2D eigenvalue weighted by atomic mass is 10.0. The summed E-state index contributed by atoms with van der Waals surface area (Å²) in [6, 6.07) is 17.6. The van der Waals surface area contributed by atoms with Crippen LogP contribution in [0.15, 0.2) is 54.6 Å². The molecule has 2 aromatic rings. The molecule has 3 rings (SSSR count). The summed E-state index contributed by atoms with van der Waals surface area (Å²) in [5.74, 6) is 0.702. The van der Waals surface area contributed by atoms with Crippen LogP contribution in [0.25, 0.3) is 0 Å². The second-order valence-electron chi connectivity index (χ2n) is 5.33. The molecule has 0 aromatic heterocycles. The van der Waals surface area contributed by atoms with Gasteiger partial charge in [-0.05, 0) is 11.6 Å². The minimum Gasteiger partial charge on any atom is -0.483 e. The highest BCUT2D eigenvalue weighted by Crippen LogP contribution is 2.29. The van der Waals surface area contributed by atoms with E-state index < -0.39 is 0 Å². The SMILES string of the molecule is OCc1ccccc1OC(c1ccccc1)[C@@H]1CNCCO1. The van der Waals surface area contributed by atoms with Crippen molar-refractivity contribution in [1.29, 1.82) is 0 Å². The number of morpholine rings is 1. The summed E-state index contributed by atoms with van der Waals surface area (Å²) in [5.41, 5.74) is 1.86. The van der Waals surface area contributed by atoms with Gasteiger partial charge < -0.3 is 19.9 Å². The van der Waals surface area contributed by atoms with E-state index in [0.717, 1.165) is 24.2 Å². The van der Waals surface area contributed by atoms with E-state index in [9.17, 15) is 5.11 Å². The monoisotopic (exact) mass is 299 g/mol. The van der Waals surface area contributed by atoms with Gasteiger partial charge in [-0.2, -0.15) is 0 Å². The molecule has 1 aliphatic rings. The van der Waals surface area contributed by atoms with Gasteiger partial charge in [-0.15, -0.1) is 0 Å². The van der Waals surface area contributed by atoms with Gasteiger partial charge >= 0.3 is 0 Å². The number of aliphatic hydroxyl groups is 1. The van der Waals surface area contributed by atoms with Gasteiger partial charge in [0.2, 0.25) is 0 Å². The first-order valence-electron chi connectivity index (χ1n) is 7.61. The molecule has 1 fully saturated rings. The average molecular weight is 299 g/mol. The lowest BCUT2D eigenvalue weighted by molar-refractivity contribution is -0.0437. The van der Waals surface area contributed by atoms with Crippen molar-refractivity contribution < 1.29 is 14.6 Å². The highest BCUT2D eigenvalue weighted by Gasteiger charge is 2.28. The summed E-state index contributed by atoms with van der Waals surface area (Å²) in [6.45, 7) is 2.26. The summed E-state index contributed by atoms with van der Waals surface area (Å²) in [6.07, 6.45) is -0.260. The van der Waals surface area contributed by atoms with Gasteiger partial charge in [0, 0.05) is 18.7 Å². The van der Waals surface area contributed by atoms with Gasteiger partial charge in [0.25, 0.3) is 0 Å². The molecule has 0 amide bonds. The first-order valence-corrected chi connectivity index (χ1v) is 7.61. The van der Waals surface area contributed by atoms with E-state index in [0.29, 0.717) is 12.4 Å². The fourth-order valence-corrected chi connectivity index (χ4v) is 2.67. The Balaban J connectivity index is 1.88. The van der Waals surface area contributed by atoms with Crippen LogP contribution in [0.3, 0.4) is 0 Å². The first kappa shape index (κ1) is 15.0.